The number of anilines is 2. The molecular formula is C25H30N6O2. The van der Waals surface area contributed by atoms with Crippen LogP contribution in [0.25, 0.3) is 22.2 Å². The molecule has 172 valence electrons. The van der Waals surface area contributed by atoms with Crippen molar-refractivity contribution in [2.75, 3.05) is 32.2 Å². The molecule has 0 aliphatic carbocycles. The van der Waals surface area contributed by atoms with Gasteiger partial charge in [0, 0.05) is 72.9 Å². The van der Waals surface area contributed by atoms with Gasteiger partial charge in [-0.2, -0.15) is 5.10 Å². The third kappa shape index (κ3) is 5.23. The summed E-state index contributed by atoms with van der Waals surface area (Å²) >= 11 is 0. The van der Waals surface area contributed by atoms with Crippen molar-refractivity contribution in [3.05, 3.63) is 54.9 Å². The fraction of sp³-hybridized carbons (Fsp3) is 0.320. The molecule has 2 aromatic heterocycles. The summed E-state index contributed by atoms with van der Waals surface area (Å²) in [6, 6.07) is 14.6. The number of aromatic nitrogens is 4. The number of aryl methyl sites for hydroxylation is 1. The Labute approximate surface area is 194 Å². The number of hydrogen-bond donors (Lipinski definition) is 1. The highest BCUT2D eigenvalue weighted by molar-refractivity contribution is 5.86. The van der Waals surface area contributed by atoms with Crippen LogP contribution in [0.1, 0.15) is 13.8 Å². The standard InChI is InChI=1S/C25H30N6O2/c1-17(2)26-8-9-31(21-12-22(32-4)14-23(13-21)33-5)20-6-7-24-18(10-20)11-25(29-28-24)19-15-27-30(3)16-19/h6-7,10-17,26H,8-9H2,1-5H3. The van der Waals surface area contributed by atoms with Gasteiger partial charge in [0.25, 0.3) is 0 Å². The highest BCUT2D eigenvalue weighted by atomic mass is 16.5. The summed E-state index contributed by atoms with van der Waals surface area (Å²) in [7, 11) is 5.22. The summed E-state index contributed by atoms with van der Waals surface area (Å²) < 4.78 is 12.8. The van der Waals surface area contributed by atoms with E-state index in [-0.39, 0.29) is 0 Å². The molecule has 0 spiro atoms. The van der Waals surface area contributed by atoms with Crippen LogP contribution in [0.4, 0.5) is 11.4 Å². The molecule has 2 aromatic carbocycles. The number of fused-ring (bicyclic) bond motifs is 1. The second kappa shape index (κ2) is 9.87. The lowest BCUT2D eigenvalue weighted by molar-refractivity contribution is 0.394. The summed E-state index contributed by atoms with van der Waals surface area (Å²) in [5.74, 6) is 1.49. The van der Waals surface area contributed by atoms with Crippen LogP contribution in [-0.4, -0.2) is 53.3 Å². The number of rotatable bonds is 9. The van der Waals surface area contributed by atoms with Crippen molar-refractivity contribution in [1.29, 1.82) is 0 Å². The zero-order chi connectivity index (χ0) is 23.4. The summed E-state index contributed by atoms with van der Waals surface area (Å²) in [5, 5.41) is 17.6. The molecule has 0 radical (unpaired) electrons. The molecule has 1 N–H and O–H groups in total. The largest absolute Gasteiger partial charge is 0.497 e. The van der Waals surface area contributed by atoms with E-state index >= 15 is 0 Å². The van der Waals surface area contributed by atoms with Gasteiger partial charge in [-0.3, -0.25) is 4.68 Å². The molecule has 0 bridgehead atoms. The van der Waals surface area contributed by atoms with Gasteiger partial charge in [0.15, 0.2) is 0 Å². The smallest absolute Gasteiger partial charge is 0.124 e. The van der Waals surface area contributed by atoms with E-state index in [1.54, 1.807) is 25.1 Å². The predicted molar refractivity (Wildman–Crippen MR) is 131 cm³/mol. The van der Waals surface area contributed by atoms with Crippen LogP contribution in [0, 0.1) is 0 Å². The molecule has 0 aliphatic heterocycles. The number of nitrogens with zero attached hydrogens (tertiary/aromatic N) is 5. The first-order chi connectivity index (χ1) is 16.0. The molecule has 0 aliphatic rings. The molecule has 8 heteroatoms. The second-order valence-electron chi connectivity index (χ2n) is 8.21. The number of benzene rings is 2. The Morgan fingerprint density at radius 1 is 0.970 bits per heavy atom. The molecule has 8 nitrogen and oxygen atoms in total. The molecule has 0 atom stereocenters. The minimum Gasteiger partial charge on any atom is -0.497 e. The van der Waals surface area contributed by atoms with Crippen molar-refractivity contribution in [1.82, 2.24) is 25.3 Å². The molecule has 0 amide bonds. The highest BCUT2D eigenvalue weighted by Gasteiger charge is 2.14. The van der Waals surface area contributed by atoms with Crippen LogP contribution in [0.15, 0.2) is 54.9 Å². The second-order valence-corrected chi connectivity index (χ2v) is 8.21. The van der Waals surface area contributed by atoms with Crippen molar-refractivity contribution < 1.29 is 9.47 Å². The van der Waals surface area contributed by atoms with Crippen molar-refractivity contribution >= 4 is 22.3 Å². The molecule has 0 saturated carbocycles. The zero-order valence-corrected chi connectivity index (χ0v) is 19.7. The molecule has 33 heavy (non-hydrogen) atoms. The van der Waals surface area contributed by atoms with Crippen LogP contribution in [-0.2, 0) is 7.05 Å². The Morgan fingerprint density at radius 3 is 2.36 bits per heavy atom. The number of hydrogen-bond acceptors (Lipinski definition) is 7. The van der Waals surface area contributed by atoms with Gasteiger partial charge >= 0.3 is 0 Å². The average molecular weight is 447 g/mol. The quantitative estimate of drug-likeness (QED) is 0.413. The van der Waals surface area contributed by atoms with Crippen molar-refractivity contribution in [3.63, 3.8) is 0 Å². The minimum atomic E-state index is 0.403. The van der Waals surface area contributed by atoms with Gasteiger partial charge in [-0.05, 0) is 24.3 Å². The first-order valence-electron chi connectivity index (χ1n) is 11.0. The monoisotopic (exact) mass is 446 g/mol. The van der Waals surface area contributed by atoms with Gasteiger partial charge in [0.2, 0.25) is 0 Å². The van der Waals surface area contributed by atoms with E-state index in [0.717, 1.165) is 58.1 Å². The molecule has 0 saturated heterocycles. The minimum absolute atomic E-state index is 0.403. The summed E-state index contributed by atoms with van der Waals surface area (Å²) in [5.41, 5.74) is 4.62. The number of nitrogens with one attached hydrogen (secondary N) is 1. The Hall–Kier alpha value is -3.65. The fourth-order valence-corrected chi connectivity index (χ4v) is 3.72. The van der Waals surface area contributed by atoms with Gasteiger partial charge in [-0.1, -0.05) is 13.8 Å². The maximum atomic E-state index is 5.51. The van der Waals surface area contributed by atoms with Crippen molar-refractivity contribution in [2.45, 2.75) is 19.9 Å². The van der Waals surface area contributed by atoms with Crippen LogP contribution in [0.5, 0.6) is 11.5 Å². The number of methoxy groups -OCH3 is 2. The van der Waals surface area contributed by atoms with E-state index < -0.39 is 0 Å². The first kappa shape index (κ1) is 22.5. The Morgan fingerprint density at radius 2 is 1.73 bits per heavy atom. The lowest BCUT2D eigenvalue weighted by atomic mass is 10.1. The molecule has 4 aromatic rings. The maximum absolute atomic E-state index is 5.51. The van der Waals surface area contributed by atoms with Gasteiger partial charge in [-0.15, -0.1) is 10.2 Å². The third-order valence-electron chi connectivity index (χ3n) is 5.42. The van der Waals surface area contributed by atoms with E-state index in [1.807, 2.05) is 37.5 Å². The van der Waals surface area contributed by atoms with Crippen molar-refractivity contribution in [2.24, 2.45) is 7.05 Å². The molecule has 0 fully saturated rings. The van der Waals surface area contributed by atoms with E-state index in [4.69, 9.17) is 9.47 Å². The summed E-state index contributed by atoms with van der Waals surface area (Å²) in [6.45, 7) is 5.89. The molecule has 4 rings (SSSR count). The van der Waals surface area contributed by atoms with Gasteiger partial charge in [0.05, 0.1) is 31.6 Å². The first-order valence-corrected chi connectivity index (χ1v) is 11.0. The van der Waals surface area contributed by atoms with E-state index in [0.29, 0.717) is 6.04 Å². The Kier molecular flexibility index (Phi) is 6.74. The van der Waals surface area contributed by atoms with Crippen LogP contribution < -0.4 is 19.7 Å². The van der Waals surface area contributed by atoms with Crippen LogP contribution >= 0.6 is 0 Å². The SMILES string of the molecule is COc1cc(OC)cc(N(CCNC(C)C)c2ccc3nnc(-c4cnn(C)c4)cc3c2)c1. The highest BCUT2D eigenvalue weighted by Crippen LogP contribution is 2.34. The third-order valence-corrected chi connectivity index (χ3v) is 5.42. The van der Waals surface area contributed by atoms with E-state index in [9.17, 15) is 0 Å². The molecular weight excluding hydrogens is 416 g/mol. The lowest BCUT2D eigenvalue weighted by Gasteiger charge is -2.27. The fourth-order valence-electron chi connectivity index (χ4n) is 3.72. The van der Waals surface area contributed by atoms with Gasteiger partial charge < -0.3 is 19.7 Å². The Balaban J connectivity index is 1.76. The van der Waals surface area contributed by atoms with Crippen molar-refractivity contribution in [3.8, 4) is 22.8 Å². The normalized spacial score (nSPS) is 11.2. The van der Waals surface area contributed by atoms with Crippen LogP contribution in [0.2, 0.25) is 0 Å². The molecule has 2 heterocycles. The van der Waals surface area contributed by atoms with E-state index in [1.165, 1.54) is 0 Å². The topological polar surface area (TPSA) is 77.3 Å². The lowest BCUT2D eigenvalue weighted by Crippen LogP contribution is -2.32. The summed E-state index contributed by atoms with van der Waals surface area (Å²) in [6.07, 6.45) is 3.73. The predicted octanol–water partition coefficient (Wildman–Crippen LogP) is 4.18. The number of ether oxygens (including phenoxy) is 2. The zero-order valence-electron chi connectivity index (χ0n) is 19.7. The maximum Gasteiger partial charge on any atom is 0.124 e. The molecule has 0 unspecified atom stereocenters. The van der Waals surface area contributed by atoms with Crippen LogP contribution in [0.3, 0.4) is 0 Å². The average Bonchev–Trinajstić information content (AvgIpc) is 3.26. The Bertz CT molecular complexity index is 1210. The summed E-state index contributed by atoms with van der Waals surface area (Å²) in [4.78, 5) is 2.25. The van der Waals surface area contributed by atoms with Gasteiger partial charge in [0.1, 0.15) is 11.5 Å². The van der Waals surface area contributed by atoms with Gasteiger partial charge in [-0.25, -0.2) is 0 Å². The van der Waals surface area contributed by atoms with E-state index in [2.05, 4.69) is 57.6 Å².